The Morgan fingerprint density at radius 2 is 1.92 bits per heavy atom. The molecule has 2 aromatic carbocycles. The molecule has 3 rings (SSSR count). The molecule has 0 radical (unpaired) electrons. The second-order valence-electron chi connectivity index (χ2n) is 5.86. The molecule has 0 bridgehead atoms. The molecule has 25 heavy (non-hydrogen) atoms. The molecule has 1 N–H and O–H groups in total. The lowest BCUT2D eigenvalue weighted by Crippen LogP contribution is -2.38. The maximum Gasteiger partial charge on any atom is 0.229 e. The van der Waals surface area contributed by atoms with E-state index in [1.807, 2.05) is 0 Å². The molecule has 1 aliphatic rings. The van der Waals surface area contributed by atoms with E-state index in [0.29, 0.717) is 27.8 Å². The Morgan fingerprint density at radius 3 is 2.64 bits per heavy atom. The molecule has 2 amide bonds. The van der Waals surface area contributed by atoms with E-state index in [4.69, 9.17) is 23.2 Å². The molecule has 1 unspecified atom stereocenters. The number of anilines is 1. The number of hydrogen-bond donors (Lipinski definition) is 1. The fraction of sp³-hybridized carbons (Fsp3) is 0.222. The maximum absolute atomic E-state index is 13.0. The van der Waals surface area contributed by atoms with E-state index in [9.17, 15) is 14.0 Å². The van der Waals surface area contributed by atoms with Crippen molar-refractivity contribution in [1.82, 2.24) is 5.32 Å². The Kier molecular flexibility index (Phi) is 5.25. The monoisotopic (exact) mass is 380 g/mol. The molecule has 7 heteroatoms. The first-order valence-corrected chi connectivity index (χ1v) is 8.47. The highest BCUT2D eigenvalue weighted by molar-refractivity contribution is 6.33. The van der Waals surface area contributed by atoms with Crippen molar-refractivity contribution in [2.75, 3.05) is 11.4 Å². The molecular formula is C18H15Cl2FN2O2. The number of halogens is 3. The summed E-state index contributed by atoms with van der Waals surface area (Å²) in [6.45, 7) is 0.347. The largest absolute Gasteiger partial charge is 0.351 e. The van der Waals surface area contributed by atoms with Crippen LogP contribution in [0.4, 0.5) is 10.1 Å². The van der Waals surface area contributed by atoms with E-state index in [2.05, 4.69) is 5.32 Å². The summed E-state index contributed by atoms with van der Waals surface area (Å²) in [6.07, 6.45) is 0.285. The number of benzene rings is 2. The van der Waals surface area contributed by atoms with Gasteiger partial charge in [0.15, 0.2) is 0 Å². The first-order valence-electron chi connectivity index (χ1n) is 7.71. The summed E-state index contributed by atoms with van der Waals surface area (Å²) >= 11 is 12.0. The SMILES string of the molecule is O=C(Cc1cc(Cl)ccc1Cl)NC1CC(=O)N(c2ccc(F)cc2)C1. The number of nitrogens with zero attached hydrogens (tertiary/aromatic N) is 1. The molecule has 0 spiro atoms. The Hall–Kier alpha value is -2.11. The smallest absolute Gasteiger partial charge is 0.229 e. The van der Waals surface area contributed by atoms with Crippen molar-refractivity contribution in [2.45, 2.75) is 18.9 Å². The molecule has 1 fully saturated rings. The van der Waals surface area contributed by atoms with Crippen molar-refractivity contribution in [3.05, 3.63) is 63.9 Å². The van der Waals surface area contributed by atoms with Gasteiger partial charge in [-0.3, -0.25) is 9.59 Å². The zero-order valence-electron chi connectivity index (χ0n) is 13.1. The lowest BCUT2D eigenvalue weighted by molar-refractivity contribution is -0.121. The van der Waals surface area contributed by atoms with Crippen molar-refractivity contribution in [3.63, 3.8) is 0 Å². The summed E-state index contributed by atoms with van der Waals surface area (Å²) < 4.78 is 13.0. The van der Waals surface area contributed by atoms with Gasteiger partial charge in [0.05, 0.1) is 12.5 Å². The number of amides is 2. The van der Waals surface area contributed by atoms with Crippen LogP contribution in [0.5, 0.6) is 0 Å². The average molecular weight is 381 g/mol. The molecule has 0 aliphatic carbocycles. The normalized spacial score (nSPS) is 17.0. The number of nitrogens with one attached hydrogen (secondary N) is 1. The predicted octanol–water partition coefficient (Wildman–Crippen LogP) is 3.60. The van der Waals surface area contributed by atoms with Crippen LogP contribution in [0.3, 0.4) is 0 Å². The molecule has 1 aliphatic heterocycles. The summed E-state index contributed by atoms with van der Waals surface area (Å²) in [7, 11) is 0. The second kappa shape index (κ2) is 7.42. The zero-order valence-corrected chi connectivity index (χ0v) is 14.6. The minimum atomic E-state index is -0.362. The first-order chi connectivity index (χ1) is 11.9. The van der Waals surface area contributed by atoms with Crippen LogP contribution in [0.1, 0.15) is 12.0 Å². The highest BCUT2D eigenvalue weighted by atomic mass is 35.5. The summed E-state index contributed by atoms with van der Waals surface area (Å²) in [5.41, 5.74) is 1.24. The van der Waals surface area contributed by atoms with Gasteiger partial charge in [-0.25, -0.2) is 4.39 Å². The molecule has 130 valence electrons. The molecule has 1 heterocycles. The van der Waals surface area contributed by atoms with Gasteiger partial charge in [0.25, 0.3) is 0 Å². The van der Waals surface area contributed by atoms with E-state index < -0.39 is 0 Å². The van der Waals surface area contributed by atoms with Gasteiger partial charge >= 0.3 is 0 Å². The van der Waals surface area contributed by atoms with Gasteiger partial charge < -0.3 is 10.2 Å². The van der Waals surface area contributed by atoms with Gasteiger partial charge in [0, 0.05) is 28.7 Å². The molecular weight excluding hydrogens is 366 g/mol. The fourth-order valence-electron chi connectivity index (χ4n) is 2.81. The van der Waals surface area contributed by atoms with Gasteiger partial charge in [-0.15, -0.1) is 0 Å². The zero-order chi connectivity index (χ0) is 18.0. The van der Waals surface area contributed by atoms with Crippen molar-refractivity contribution >= 4 is 40.7 Å². The predicted molar refractivity (Wildman–Crippen MR) is 95.5 cm³/mol. The van der Waals surface area contributed by atoms with Gasteiger partial charge in [-0.05, 0) is 48.0 Å². The van der Waals surface area contributed by atoms with Gasteiger partial charge in [0.1, 0.15) is 5.82 Å². The Bertz CT molecular complexity index is 811. The second-order valence-corrected chi connectivity index (χ2v) is 6.71. The Morgan fingerprint density at radius 1 is 1.20 bits per heavy atom. The van der Waals surface area contributed by atoms with Crippen molar-refractivity contribution in [2.24, 2.45) is 0 Å². The van der Waals surface area contributed by atoms with E-state index in [1.165, 1.54) is 17.0 Å². The first kappa shape index (κ1) is 17.7. The summed E-state index contributed by atoms with van der Waals surface area (Å²) in [4.78, 5) is 25.9. The van der Waals surface area contributed by atoms with E-state index >= 15 is 0 Å². The highest BCUT2D eigenvalue weighted by Crippen LogP contribution is 2.23. The molecule has 2 aromatic rings. The molecule has 0 saturated carbocycles. The summed E-state index contributed by atoms with van der Waals surface area (Å²) in [5.74, 6) is -0.709. The number of rotatable bonds is 4. The van der Waals surface area contributed by atoms with E-state index in [0.717, 1.165) is 0 Å². The van der Waals surface area contributed by atoms with Crippen LogP contribution in [0.2, 0.25) is 10.0 Å². The summed E-state index contributed by atoms with van der Waals surface area (Å²) in [5, 5.41) is 3.81. The fourth-order valence-corrected chi connectivity index (χ4v) is 3.18. The average Bonchev–Trinajstić information content (AvgIpc) is 2.92. The van der Waals surface area contributed by atoms with Crippen LogP contribution in [0.25, 0.3) is 0 Å². The van der Waals surface area contributed by atoms with Crippen molar-refractivity contribution < 1.29 is 14.0 Å². The van der Waals surface area contributed by atoms with E-state index in [1.54, 1.807) is 30.3 Å². The van der Waals surface area contributed by atoms with Crippen LogP contribution >= 0.6 is 23.2 Å². The summed E-state index contributed by atoms with van der Waals surface area (Å²) in [6, 6.07) is 10.3. The van der Waals surface area contributed by atoms with E-state index in [-0.39, 0.29) is 36.5 Å². The minimum Gasteiger partial charge on any atom is -0.351 e. The third kappa shape index (κ3) is 4.30. The maximum atomic E-state index is 13.0. The number of carbonyl (C=O) groups excluding carboxylic acids is 2. The third-order valence-electron chi connectivity index (χ3n) is 3.99. The Balaban J connectivity index is 1.62. The van der Waals surface area contributed by atoms with Gasteiger partial charge in [-0.1, -0.05) is 23.2 Å². The number of hydrogen-bond acceptors (Lipinski definition) is 2. The van der Waals surface area contributed by atoms with Crippen LogP contribution in [-0.2, 0) is 16.0 Å². The Labute approximate surface area is 154 Å². The lowest BCUT2D eigenvalue weighted by Gasteiger charge is -2.17. The third-order valence-corrected chi connectivity index (χ3v) is 4.59. The molecule has 0 aromatic heterocycles. The number of carbonyl (C=O) groups is 2. The van der Waals surface area contributed by atoms with Crippen LogP contribution < -0.4 is 10.2 Å². The van der Waals surface area contributed by atoms with Crippen molar-refractivity contribution in [3.8, 4) is 0 Å². The minimum absolute atomic E-state index is 0.0840. The quantitative estimate of drug-likeness (QED) is 0.880. The molecule has 4 nitrogen and oxygen atoms in total. The van der Waals surface area contributed by atoms with Crippen LogP contribution in [0.15, 0.2) is 42.5 Å². The standard InChI is InChI=1S/C18H15Cl2FN2O2/c19-12-1-6-16(20)11(7-12)8-17(24)22-14-9-18(25)23(10-14)15-4-2-13(21)3-5-15/h1-7,14H,8-10H2,(H,22,24). The van der Waals surface area contributed by atoms with Crippen molar-refractivity contribution in [1.29, 1.82) is 0 Å². The lowest BCUT2D eigenvalue weighted by atomic mass is 10.1. The van der Waals surface area contributed by atoms with Crippen LogP contribution in [0, 0.1) is 5.82 Å². The highest BCUT2D eigenvalue weighted by Gasteiger charge is 2.31. The molecule has 1 saturated heterocycles. The van der Waals surface area contributed by atoms with Crippen LogP contribution in [-0.4, -0.2) is 24.4 Å². The molecule has 1 atom stereocenters. The van der Waals surface area contributed by atoms with Gasteiger partial charge in [0.2, 0.25) is 11.8 Å². The van der Waals surface area contributed by atoms with Gasteiger partial charge in [-0.2, -0.15) is 0 Å². The topological polar surface area (TPSA) is 49.4 Å².